The predicted molar refractivity (Wildman–Crippen MR) is 45.2 cm³/mol. The quantitative estimate of drug-likeness (QED) is 0.567. The molecule has 0 spiro atoms. The summed E-state index contributed by atoms with van der Waals surface area (Å²) in [6.45, 7) is 3.84. The van der Waals surface area contributed by atoms with E-state index in [4.69, 9.17) is 0 Å². The molecule has 0 heterocycles. The zero-order chi connectivity index (χ0) is 7.56. The van der Waals surface area contributed by atoms with Crippen LogP contribution in [0.15, 0.2) is 24.3 Å². The van der Waals surface area contributed by atoms with Crippen molar-refractivity contribution in [3.8, 4) is 0 Å². The lowest BCUT2D eigenvalue weighted by Crippen LogP contribution is -2.08. The molecule has 0 amide bonds. The Balaban J connectivity index is 2.96. The van der Waals surface area contributed by atoms with E-state index in [1.54, 1.807) is 0 Å². The van der Waals surface area contributed by atoms with Gasteiger partial charge in [0.1, 0.15) is 0 Å². The van der Waals surface area contributed by atoms with Crippen molar-refractivity contribution in [1.82, 2.24) is 0 Å². The van der Waals surface area contributed by atoms with Gasteiger partial charge in [-0.1, -0.05) is 12.1 Å². The first-order valence-corrected chi connectivity index (χ1v) is 3.29. The van der Waals surface area contributed by atoms with Crippen LogP contribution in [0, 0.1) is 6.92 Å². The molecule has 0 aliphatic carbocycles. The van der Waals surface area contributed by atoms with Crippen LogP contribution in [-0.2, 0) is 0 Å². The van der Waals surface area contributed by atoms with Crippen LogP contribution in [0.1, 0.15) is 5.56 Å². The van der Waals surface area contributed by atoms with E-state index >= 15 is 0 Å². The molecule has 0 atom stereocenters. The molecule has 0 saturated carbocycles. The van der Waals surface area contributed by atoms with Gasteiger partial charge < -0.3 is 4.90 Å². The summed E-state index contributed by atoms with van der Waals surface area (Å²) < 4.78 is 0. The van der Waals surface area contributed by atoms with Gasteiger partial charge in [0.05, 0.1) is 0 Å². The summed E-state index contributed by atoms with van der Waals surface area (Å²) in [5, 5.41) is 0. The Morgan fingerprint density at radius 2 is 2.00 bits per heavy atom. The summed E-state index contributed by atoms with van der Waals surface area (Å²) in [6.07, 6.45) is 0. The van der Waals surface area contributed by atoms with E-state index in [1.807, 2.05) is 26.2 Å². The van der Waals surface area contributed by atoms with E-state index < -0.39 is 0 Å². The maximum absolute atomic E-state index is 3.84. The molecule has 0 aromatic heterocycles. The van der Waals surface area contributed by atoms with Gasteiger partial charge in [-0.15, -0.1) is 0 Å². The molecule has 1 nitrogen and oxygen atoms in total. The Morgan fingerprint density at radius 1 is 1.30 bits per heavy atom. The maximum Gasteiger partial charge on any atom is 0.0363 e. The average molecular weight is 134 g/mol. The van der Waals surface area contributed by atoms with E-state index in [1.165, 1.54) is 5.69 Å². The number of rotatable bonds is 1. The smallest absolute Gasteiger partial charge is 0.0363 e. The Labute approximate surface area is 62.3 Å². The van der Waals surface area contributed by atoms with Gasteiger partial charge in [0.2, 0.25) is 0 Å². The summed E-state index contributed by atoms with van der Waals surface area (Å²) in [7, 11) is 4.05. The van der Waals surface area contributed by atoms with Crippen molar-refractivity contribution in [3.05, 3.63) is 36.8 Å². The molecule has 0 fully saturated rings. The molecular formula is C9H12N. The van der Waals surface area contributed by atoms with Crippen LogP contribution < -0.4 is 4.90 Å². The minimum Gasteiger partial charge on any atom is -0.378 e. The summed E-state index contributed by atoms with van der Waals surface area (Å²) in [6, 6.07) is 8.12. The first kappa shape index (κ1) is 7.13. The van der Waals surface area contributed by atoms with E-state index in [0.717, 1.165) is 5.56 Å². The number of hydrogen-bond donors (Lipinski definition) is 0. The first-order valence-electron chi connectivity index (χ1n) is 3.29. The molecule has 0 aliphatic rings. The zero-order valence-electron chi connectivity index (χ0n) is 6.46. The predicted octanol–water partition coefficient (Wildman–Crippen LogP) is 1.93. The molecule has 1 rings (SSSR count). The van der Waals surface area contributed by atoms with Crippen molar-refractivity contribution in [1.29, 1.82) is 0 Å². The molecule has 1 radical (unpaired) electrons. The first-order chi connectivity index (χ1) is 4.70. The number of benzene rings is 1. The Hall–Kier alpha value is -0.980. The molecule has 0 unspecified atom stereocenters. The zero-order valence-corrected chi connectivity index (χ0v) is 6.46. The van der Waals surface area contributed by atoms with Crippen LogP contribution in [0.2, 0.25) is 0 Å². The Bertz CT molecular complexity index is 216. The molecule has 0 bridgehead atoms. The van der Waals surface area contributed by atoms with Crippen LogP contribution in [0.5, 0.6) is 0 Å². The summed E-state index contributed by atoms with van der Waals surface area (Å²) in [4.78, 5) is 2.06. The van der Waals surface area contributed by atoms with Crippen molar-refractivity contribution in [3.63, 3.8) is 0 Å². The van der Waals surface area contributed by atoms with Gasteiger partial charge in [-0.05, 0) is 24.6 Å². The van der Waals surface area contributed by atoms with Crippen molar-refractivity contribution >= 4 is 5.69 Å². The van der Waals surface area contributed by atoms with Crippen LogP contribution in [-0.4, -0.2) is 14.1 Å². The summed E-state index contributed by atoms with van der Waals surface area (Å²) >= 11 is 0. The average Bonchev–Trinajstić information content (AvgIpc) is 1.88. The molecule has 1 aromatic carbocycles. The Morgan fingerprint density at radius 3 is 2.40 bits per heavy atom. The lowest BCUT2D eigenvalue weighted by molar-refractivity contribution is 1.13. The van der Waals surface area contributed by atoms with E-state index in [9.17, 15) is 0 Å². The molecule has 0 aliphatic heterocycles. The Kier molecular flexibility index (Phi) is 1.95. The third-order valence-electron chi connectivity index (χ3n) is 1.43. The van der Waals surface area contributed by atoms with E-state index in [-0.39, 0.29) is 0 Å². The molecule has 0 saturated heterocycles. The van der Waals surface area contributed by atoms with Gasteiger partial charge in [0.25, 0.3) is 0 Å². The summed E-state index contributed by atoms with van der Waals surface area (Å²) in [5.74, 6) is 0. The van der Waals surface area contributed by atoms with Crippen LogP contribution in [0.4, 0.5) is 5.69 Å². The monoisotopic (exact) mass is 134 g/mol. The highest BCUT2D eigenvalue weighted by Crippen LogP contribution is 2.11. The van der Waals surface area contributed by atoms with Gasteiger partial charge in [-0.3, -0.25) is 0 Å². The second-order valence-electron chi connectivity index (χ2n) is 2.56. The minimum absolute atomic E-state index is 1.06. The number of anilines is 1. The topological polar surface area (TPSA) is 3.24 Å². The third-order valence-corrected chi connectivity index (χ3v) is 1.43. The van der Waals surface area contributed by atoms with Crippen molar-refractivity contribution < 1.29 is 0 Å². The highest BCUT2D eigenvalue weighted by molar-refractivity contribution is 5.47. The largest absolute Gasteiger partial charge is 0.378 e. The molecule has 10 heavy (non-hydrogen) atoms. The lowest BCUT2D eigenvalue weighted by Gasteiger charge is -2.11. The van der Waals surface area contributed by atoms with Gasteiger partial charge in [-0.2, -0.15) is 0 Å². The molecule has 53 valence electrons. The number of hydrogen-bond acceptors (Lipinski definition) is 1. The standard InChI is InChI=1S/C9H12N/c1-8-5-4-6-9(7-8)10(2)3/h4-7H,1H2,2-3H3. The molecular weight excluding hydrogens is 122 g/mol. The van der Waals surface area contributed by atoms with Crippen LogP contribution in [0.3, 0.4) is 0 Å². The highest BCUT2D eigenvalue weighted by atomic mass is 15.1. The SMILES string of the molecule is [CH2]c1cccc(N(C)C)c1. The van der Waals surface area contributed by atoms with Crippen molar-refractivity contribution in [2.75, 3.05) is 19.0 Å². The normalized spacial score (nSPS) is 9.50. The molecule has 1 aromatic rings. The lowest BCUT2D eigenvalue weighted by atomic mass is 10.2. The summed E-state index contributed by atoms with van der Waals surface area (Å²) in [5.41, 5.74) is 2.26. The fraction of sp³-hybridized carbons (Fsp3) is 0.222. The maximum atomic E-state index is 3.84. The second kappa shape index (κ2) is 2.74. The van der Waals surface area contributed by atoms with Gasteiger partial charge in [0.15, 0.2) is 0 Å². The van der Waals surface area contributed by atoms with Gasteiger partial charge in [0, 0.05) is 19.8 Å². The van der Waals surface area contributed by atoms with E-state index in [2.05, 4.69) is 24.0 Å². The van der Waals surface area contributed by atoms with Gasteiger partial charge >= 0.3 is 0 Å². The second-order valence-corrected chi connectivity index (χ2v) is 2.56. The fourth-order valence-electron chi connectivity index (χ4n) is 0.835. The van der Waals surface area contributed by atoms with Crippen molar-refractivity contribution in [2.45, 2.75) is 0 Å². The van der Waals surface area contributed by atoms with Crippen molar-refractivity contribution in [2.24, 2.45) is 0 Å². The third kappa shape index (κ3) is 1.50. The minimum atomic E-state index is 1.06. The molecule has 1 heteroatoms. The van der Waals surface area contributed by atoms with Crippen LogP contribution in [0.25, 0.3) is 0 Å². The van der Waals surface area contributed by atoms with Gasteiger partial charge in [-0.25, -0.2) is 0 Å². The van der Waals surface area contributed by atoms with Crippen LogP contribution >= 0.6 is 0 Å². The molecule has 0 N–H and O–H groups in total. The number of nitrogens with zero attached hydrogens (tertiary/aromatic N) is 1. The van der Waals surface area contributed by atoms with E-state index in [0.29, 0.717) is 0 Å². The fourth-order valence-corrected chi connectivity index (χ4v) is 0.835. The highest BCUT2D eigenvalue weighted by Gasteiger charge is 1.91.